The standard InChI is InChI=1S/C25H28O5/c1-24(2,3)17-9-7-16(8-10-17)13-21-23(27)19-12-11-18(14-20(19)29-21)28-15-22(26)30-25(4,5)6/h7-14H,15H2,1-6H3. The zero-order chi connectivity index (χ0) is 22.1. The second kappa shape index (κ2) is 7.98. The number of Topliss-reactive ketones (excluding diaryl/α,β-unsaturated/α-hetero) is 1. The van der Waals surface area contributed by atoms with E-state index in [1.54, 1.807) is 45.0 Å². The van der Waals surface area contributed by atoms with E-state index >= 15 is 0 Å². The first-order valence-electron chi connectivity index (χ1n) is 9.96. The summed E-state index contributed by atoms with van der Waals surface area (Å²) in [4.78, 5) is 24.5. The normalized spacial score (nSPS) is 15.0. The first kappa shape index (κ1) is 21.6. The van der Waals surface area contributed by atoms with Crippen molar-refractivity contribution in [2.45, 2.75) is 52.6 Å². The van der Waals surface area contributed by atoms with Crippen LogP contribution in [0.3, 0.4) is 0 Å². The van der Waals surface area contributed by atoms with Crippen molar-refractivity contribution >= 4 is 17.8 Å². The number of benzene rings is 2. The molecule has 0 amide bonds. The summed E-state index contributed by atoms with van der Waals surface area (Å²) in [5, 5.41) is 0. The first-order valence-corrected chi connectivity index (χ1v) is 9.96. The van der Waals surface area contributed by atoms with Crippen LogP contribution in [0.1, 0.15) is 63.0 Å². The molecule has 158 valence electrons. The Kier molecular flexibility index (Phi) is 5.75. The minimum absolute atomic E-state index is 0.0668. The maximum absolute atomic E-state index is 12.7. The molecule has 0 saturated carbocycles. The van der Waals surface area contributed by atoms with Gasteiger partial charge in [0, 0.05) is 6.07 Å². The average Bonchev–Trinajstić information content (AvgIpc) is 2.93. The molecular formula is C25H28O5. The van der Waals surface area contributed by atoms with Crippen LogP contribution in [0.4, 0.5) is 0 Å². The van der Waals surface area contributed by atoms with Crippen molar-refractivity contribution in [3.63, 3.8) is 0 Å². The van der Waals surface area contributed by atoms with E-state index in [1.807, 2.05) is 12.1 Å². The summed E-state index contributed by atoms with van der Waals surface area (Å²) in [6.07, 6.45) is 1.73. The molecule has 0 fully saturated rings. The number of hydrogen-bond donors (Lipinski definition) is 0. The number of ketones is 1. The van der Waals surface area contributed by atoms with Crippen LogP contribution in [0.5, 0.6) is 11.5 Å². The number of allylic oxidation sites excluding steroid dienone is 1. The van der Waals surface area contributed by atoms with E-state index in [0.717, 1.165) is 5.56 Å². The molecule has 0 atom stereocenters. The number of fused-ring (bicyclic) bond motifs is 1. The van der Waals surface area contributed by atoms with Crippen LogP contribution < -0.4 is 9.47 Å². The van der Waals surface area contributed by atoms with Crippen molar-refractivity contribution in [2.75, 3.05) is 6.61 Å². The molecule has 0 unspecified atom stereocenters. The molecule has 0 aromatic heterocycles. The molecule has 5 heteroatoms. The molecule has 5 nitrogen and oxygen atoms in total. The van der Waals surface area contributed by atoms with Gasteiger partial charge in [0.2, 0.25) is 5.78 Å². The van der Waals surface area contributed by atoms with Gasteiger partial charge in [-0.3, -0.25) is 4.79 Å². The lowest BCUT2D eigenvalue weighted by Gasteiger charge is -2.19. The summed E-state index contributed by atoms with van der Waals surface area (Å²) >= 11 is 0. The molecule has 0 saturated heterocycles. The molecule has 1 aliphatic heterocycles. The number of hydrogen-bond acceptors (Lipinski definition) is 5. The van der Waals surface area contributed by atoms with Crippen LogP contribution >= 0.6 is 0 Å². The lowest BCUT2D eigenvalue weighted by molar-refractivity contribution is -0.157. The van der Waals surface area contributed by atoms with Gasteiger partial charge in [0.25, 0.3) is 0 Å². The Balaban J connectivity index is 1.70. The molecule has 2 aromatic rings. The Morgan fingerprint density at radius 2 is 1.67 bits per heavy atom. The highest BCUT2D eigenvalue weighted by Gasteiger charge is 2.28. The lowest BCUT2D eigenvalue weighted by atomic mass is 9.86. The molecule has 3 rings (SSSR count). The van der Waals surface area contributed by atoms with Gasteiger partial charge in [0.05, 0.1) is 5.56 Å². The summed E-state index contributed by atoms with van der Waals surface area (Å²) in [6.45, 7) is 11.6. The third kappa shape index (κ3) is 5.29. The maximum atomic E-state index is 12.7. The number of carbonyl (C=O) groups excluding carboxylic acids is 2. The Bertz CT molecular complexity index is 986. The molecule has 0 bridgehead atoms. The molecule has 0 N–H and O–H groups in total. The van der Waals surface area contributed by atoms with Crippen molar-refractivity contribution in [1.29, 1.82) is 0 Å². The molecule has 0 aliphatic carbocycles. The average molecular weight is 408 g/mol. The monoisotopic (exact) mass is 408 g/mol. The van der Waals surface area contributed by atoms with Gasteiger partial charge in [-0.1, -0.05) is 45.0 Å². The largest absolute Gasteiger partial charge is 0.482 e. The fourth-order valence-electron chi connectivity index (χ4n) is 3.00. The van der Waals surface area contributed by atoms with E-state index in [4.69, 9.17) is 14.2 Å². The van der Waals surface area contributed by atoms with Gasteiger partial charge in [0.1, 0.15) is 17.1 Å². The third-order valence-corrected chi connectivity index (χ3v) is 4.49. The topological polar surface area (TPSA) is 61.8 Å². The van der Waals surface area contributed by atoms with Crippen molar-refractivity contribution in [3.05, 3.63) is 64.9 Å². The zero-order valence-corrected chi connectivity index (χ0v) is 18.4. The molecule has 1 heterocycles. The van der Waals surface area contributed by atoms with Crippen LogP contribution in [0.2, 0.25) is 0 Å². The predicted molar refractivity (Wildman–Crippen MR) is 116 cm³/mol. The Morgan fingerprint density at radius 1 is 1.00 bits per heavy atom. The zero-order valence-electron chi connectivity index (χ0n) is 18.4. The van der Waals surface area contributed by atoms with E-state index in [-0.39, 0.29) is 23.6 Å². The molecular weight excluding hydrogens is 380 g/mol. The van der Waals surface area contributed by atoms with Gasteiger partial charge in [-0.2, -0.15) is 0 Å². The number of rotatable bonds is 4. The minimum atomic E-state index is -0.571. The summed E-state index contributed by atoms with van der Waals surface area (Å²) < 4.78 is 16.5. The molecule has 1 aliphatic rings. The van der Waals surface area contributed by atoms with E-state index < -0.39 is 11.6 Å². The second-order valence-electron chi connectivity index (χ2n) is 9.34. The van der Waals surface area contributed by atoms with Crippen LogP contribution in [-0.4, -0.2) is 24.0 Å². The molecule has 2 aromatic carbocycles. The van der Waals surface area contributed by atoms with Gasteiger partial charge in [-0.25, -0.2) is 4.79 Å². The van der Waals surface area contributed by atoms with Gasteiger partial charge in [-0.05, 0) is 55.5 Å². The lowest BCUT2D eigenvalue weighted by Crippen LogP contribution is -2.27. The van der Waals surface area contributed by atoms with Crippen molar-refractivity contribution in [2.24, 2.45) is 0 Å². The Morgan fingerprint density at radius 3 is 2.27 bits per heavy atom. The Hall–Kier alpha value is -3.08. The summed E-state index contributed by atoms with van der Waals surface area (Å²) in [5.74, 6) is 0.475. The van der Waals surface area contributed by atoms with Crippen LogP contribution in [-0.2, 0) is 14.9 Å². The fourth-order valence-corrected chi connectivity index (χ4v) is 3.00. The molecule has 0 spiro atoms. The SMILES string of the molecule is CC(C)(C)OC(=O)COc1ccc2c(c1)OC(=Cc1ccc(C(C)(C)C)cc1)C2=O. The van der Waals surface area contributed by atoms with E-state index in [1.165, 1.54) is 5.56 Å². The van der Waals surface area contributed by atoms with Crippen molar-refractivity contribution in [1.82, 2.24) is 0 Å². The minimum Gasteiger partial charge on any atom is -0.482 e. The third-order valence-electron chi connectivity index (χ3n) is 4.49. The van der Waals surface area contributed by atoms with E-state index in [0.29, 0.717) is 17.1 Å². The fraction of sp³-hybridized carbons (Fsp3) is 0.360. The Labute approximate surface area is 177 Å². The summed E-state index contributed by atoms with van der Waals surface area (Å²) in [6, 6.07) is 13.0. The van der Waals surface area contributed by atoms with Gasteiger partial charge < -0.3 is 14.2 Å². The highest BCUT2D eigenvalue weighted by molar-refractivity contribution is 6.14. The summed E-state index contributed by atoms with van der Waals surface area (Å²) in [5.41, 5.74) is 2.08. The quantitative estimate of drug-likeness (QED) is 0.506. The summed E-state index contributed by atoms with van der Waals surface area (Å²) in [7, 11) is 0. The van der Waals surface area contributed by atoms with E-state index in [2.05, 4.69) is 32.9 Å². The number of carbonyl (C=O) groups is 2. The number of ether oxygens (including phenoxy) is 3. The number of esters is 1. The highest BCUT2D eigenvalue weighted by atomic mass is 16.6. The van der Waals surface area contributed by atoms with Crippen molar-refractivity contribution in [3.8, 4) is 11.5 Å². The molecule has 0 radical (unpaired) electrons. The van der Waals surface area contributed by atoms with Gasteiger partial charge >= 0.3 is 5.97 Å². The first-order chi connectivity index (χ1) is 13.9. The van der Waals surface area contributed by atoms with E-state index in [9.17, 15) is 9.59 Å². The second-order valence-corrected chi connectivity index (χ2v) is 9.34. The van der Waals surface area contributed by atoms with Crippen molar-refractivity contribution < 1.29 is 23.8 Å². The van der Waals surface area contributed by atoms with Gasteiger partial charge in [-0.15, -0.1) is 0 Å². The highest BCUT2D eigenvalue weighted by Crippen LogP contribution is 2.35. The van der Waals surface area contributed by atoms with Crippen LogP contribution in [0.25, 0.3) is 6.08 Å². The van der Waals surface area contributed by atoms with Crippen LogP contribution in [0.15, 0.2) is 48.2 Å². The van der Waals surface area contributed by atoms with Crippen LogP contribution in [0, 0.1) is 0 Å². The smallest absolute Gasteiger partial charge is 0.344 e. The molecule has 30 heavy (non-hydrogen) atoms. The van der Waals surface area contributed by atoms with Gasteiger partial charge in [0.15, 0.2) is 12.4 Å². The maximum Gasteiger partial charge on any atom is 0.344 e. The predicted octanol–water partition coefficient (Wildman–Crippen LogP) is 5.32.